The number of phenolic OH excluding ortho intramolecular Hbond substituents is 1. The molecule has 2 aromatic rings. The van der Waals surface area contributed by atoms with Gasteiger partial charge in [-0.3, -0.25) is 9.69 Å². The van der Waals surface area contributed by atoms with Crippen molar-refractivity contribution in [3.05, 3.63) is 54.3 Å². The highest BCUT2D eigenvalue weighted by atomic mass is 19.1. The predicted octanol–water partition coefficient (Wildman–Crippen LogP) is 2.00. The molecule has 1 amide bonds. The minimum absolute atomic E-state index is 0.186. The van der Waals surface area contributed by atoms with Crippen LogP contribution < -0.4 is 9.80 Å². The lowest BCUT2D eigenvalue weighted by Gasteiger charge is -2.39. The topological polar surface area (TPSA) is 50.3 Å². The number of rotatable bonds is 4. The van der Waals surface area contributed by atoms with Crippen LogP contribution in [0.5, 0.6) is 5.75 Å². The molecule has 4 rings (SSSR count). The Kier molecular flexibility index (Phi) is 5.85. The number of hydrogen-bond acceptors (Lipinski definition) is 5. The van der Waals surface area contributed by atoms with Gasteiger partial charge in [0.1, 0.15) is 11.6 Å². The molecular weight excluding hydrogens is 371 g/mol. The third-order valence-electron chi connectivity index (χ3n) is 5.77. The van der Waals surface area contributed by atoms with Crippen LogP contribution in [-0.2, 0) is 4.79 Å². The van der Waals surface area contributed by atoms with E-state index in [0.29, 0.717) is 6.54 Å². The Hall–Kier alpha value is -2.80. The number of hydrogen-bond donors (Lipinski definition) is 1. The normalized spacial score (nSPS) is 18.2. The molecule has 2 aliphatic rings. The molecule has 0 aliphatic carbocycles. The van der Waals surface area contributed by atoms with E-state index in [1.807, 2.05) is 29.2 Å². The minimum atomic E-state index is -0.219. The van der Waals surface area contributed by atoms with Gasteiger partial charge in [0.15, 0.2) is 0 Å². The van der Waals surface area contributed by atoms with Crippen LogP contribution in [0.15, 0.2) is 48.5 Å². The van der Waals surface area contributed by atoms with Crippen molar-refractivity contribution in [3.8, 4) is 5.75 Å². The van der Waals surface area contributed by atoms with Gasteiger partial charge in [0, 0.05) is 63.7 Å². The third-order valence-corrected chi connectivity index (χ3v) is 5.77. The zero-order valence-electron chi connectivity index (χ0n) is 16.5. The summed E-state index contributed by atoms with van der Waals surface area (Å²) in [5.41, 5.74) is 2.11. The SMILES string of the molecule is O=C(CN1CCN(c2ccc(F)cc2)CC1)N1CCN(c2ccc(O)cc2)CC1. The van der Waals surface area contributed by atoms with Gasteiger partial charge in [-0.1, -0.05) is 0 Å². The molecule has 0 saturated carbocycles. The van der Waals surface area contributed by atoms with E-state index in [0.717, 1.165) is 63.7 Å². The number of piperazine rings is 2. The Morgan fingerprint density at radius 2 is 1.24 bits per heavy atom. The molecule has 6 nitrogen and oxygen atoms in total. The van der Waals surface area contributed by atoms with Gasteiger partial charge in [-0.05, 0) is 48.5 Å². The molecule has 2 saturated heterocycles. The molecule has 0 unspecified atom stereocenters. The lowest BCUT2D eigenvalue weighted by Crippen LogP contribution is -2.54. The van der Waals surface area contributed by atoms with Gasteiger partial charge >= 0.3 is 0 Å². The summed E-state index contributed by atoms with van der Waals surface area (Å²) < 4.78 is 13.1. The smallest absolute Gasteiger partial charge is 0.236 e. The van der Waals surface area contributed by atoms with Gasteiger partial charge in [0.25, 0.3) is 0 Å². The first-order valence-electron chi connectivity index (χ1n) is 10.1. The van der Waals surface area contributed by atoms with Gasteiger partial charge in [0.2, 0.25) is 5.91 Å². The molecule has 0 spiro atoms. The summed E-state index contributed by atoms with van der Waals surface area (Å²) in [4.78, 5) is 21.3. The fourth-order valence-electron chi connectivity index (χ4n) is 3.98. The summed E-state index contributed by atoms with van der Waals surface area (Å²) in [6.45, 7) is 6.83. The summed E-state index contributed by atoms with van der Waals surface area (Å²) in [5.74, 6) is 0.233. The Balaban J connectivity index is 1.22. The highest BCUT2D eigenvalue weighted by Crippen LogP contribution is 2.20. The van der Waals surface area contributed by atoms with Crippen LogP contribution >= 0.6 is 0 Å². The van der Waals surface area contributed by atoms with Gasteiger partial charge in [-0.25, -0.2) is 4.39 Å². The number of amides is 1. The quantitative estimate of drug-likeness (QED) is 0.854. The minimum Gasteiger partial charge on any atom is -0.508 e. The van der Waals surface area contributed by atoms with Crippen molar-refractivity contribution in [2.24, 2.45) is 0 Å². The number of phenols is 1. The van der Waals surface area contributed by atoms with Crippen LogP contribution in [0.4, 0.5) is 15.8 Å². The average molecular weight is 398 g/mol. The first kappa shape index (κ1) is 19.5. The molecule has 1 N–H and O–H groups in total. The summed E-state index contributed by atoms with van der Waals surface area (Å²) >= 11 is 0. The lowest BCUT2D eigenvalue weighted by atomic mass is 10.2. The highest BCUT2D eigenvalue weighted by Gasteiger charge is 2.25. The predicted molar refractivity (Wildman–Crippen MR) is 112 cm³/mol. The van der Waals surface area contributed by atoms with E-state index in [2.05, 4.69) is 14.7 Å². The van der Waals surface area contributed by atoms with E-state index in [4.69, 9.17) is 0 Å². The molecule has 29 heavy (non-hydrogen) atoms. The summed E-state index contributed by atoms with van der Waals surface area (Å²) in [6, 6.07) is 13.8. The van der Waals surface area contributed by atoms with E-state index in [9.17, 15) is 14.3 Å². The fraction of sp³-hybridized carbons (Fsp3) is 0.409. The van der Waals surface area contributed by atoms with Crippen molar-refractivity contribution in [3.63, 3.8) is 0 Å². The second-order valence-electron chi connectivity index (χ2n) is 7.62. The number of benzene rings is 2. The van der Waals surface area contributed by atoms with Crippen molar-refractivity contribution in [1.29, 1.82) is 0 Å². The number of aromatic hydroxyl groups is 1. The number of nitrogens with zero attached hydrogens (tertiary/aromatic N) is 4. The van der Waals surface area contributed by atoms with E-state index in [1.54, 1.807) is 12.1 Å². The van der Waals surface area contributed by atoms with Gasteiger partial charge in [-0.2, -0.15) is 0 Å². The lowest BCUT2D eigenvalue weighted by molar-refractivity contribution is -0.132. The molecule has 154 valence electrons. The Morgan fingerprint density at radius 1 is 0.759 bits per heavy atom. The van der Waals surface area contributed by atoms with Crippen molar-refractivity contribution in [2.75, 3.05) is 68.7 Å². The van der Waals surface area contributed by atoms with E-state index >= 15 is 0 Å². The van der Waals surface area contributed by atoms with Crippen molar-refractivity contribution in [2.45, 2.75) is 0 Å². The molecule has 2 aromatic carbocycles. The van der Waals surface area contributed by atoms with Gasteiger partial charge < -0.3 is 19.8 Å². The third kappa shape index (κ3) is 4.79. The molecular formula is C22H27FN4O2. The molecule has 0 aromatic heterocycles. The maximum absolute atomic E-state index is 13.1. The monoisotopic (exact) mass is 398 g/mol. The fourth-order valence-corrected chi connectivity index (χ4v) is 3.98. The summed E-state index contributed by atoms with van der Waals surface area (Å²) in [7, 11) is 0. The zero-order valence-corrected chi connectivity index (χ0v) is 16.5. The summed E-state index contributed by atoms with van der Waals surface area (Å²) in [5, 5.41) is 9.42. The van der Waals surface area contributed by atoms with Crippen LogP contribution in [0.3, 0.4) is 0 Å². The molecule has 7 heteroatoms. The standard InChI is InChI=1S/C22H27FN4O2/c23-18-1-3-19(4-2-18)25-11-9-24(10-12-25)17-22(29)27-15-13-26(14-16-27)20-5-7-21(28)8-6-20/h1-8,28H,9-17H2. The largest absolute Gasteiger partial charge is 0.508 e. The zero-order chi connectivity index (χ0) is 20.2. The molecule has 0 radical (unpaired) electrons. The van der Waals surface area contributed by atoms with E-state index in [-0.39, 0.29) is 17.5 Å². The van der Waals surface area contributed by atoms with E-state index in [1.165, 1.54) is 12.1 Å². The second kappa shape index (κ2) is 8.69. The first-order chi connectivity index (χ1) is 14.1. The second-order valence-corrected chi connectivity index (χ2v) is 7.62. The van der Waals surface area contributed by atoms with Crippen molar-refractivity contribution < 1.29 is 14.3 Å². The Morgan fingerprint density at radius 3 is 1.79 bits per heavy atom. The van der Waals surface area contributed by atoms with Crippen LogP contribution in [0.2, 0.25) is 0 Å². The number of halogens is 1. The molecule has 2 aliphatic heterocycles. The Labute approximate surface area is 170 Å². The van der Waals surface area contributed by atoms with E-state index < -0.39 is 0 Å². The molecule has 2 heterocycles. The number of carbonyl (C=O) groups excluding carboxylic acids is 1. The average Bonchev–Trinajstić information content (AvgIpc) is 2.76. The Bertz CT molecular complexity index is 812. The molecule has 0 atom stereocenters. The van der Waals surface area contributed by atoms with Gasteiger partial charge in [0.05, 0.1) is 6.54 Å². The highest BCUT2D eigenvalue weighted by molar-refractivity contribution is 5.78. The number of carbonyl (C=O) groups is 1. The first-order valence-corrected chi connectivity index (χ1v) is 10.1. The molecule has 2 fully saturated rings. The maximum Gasteiger partial charge on any atom is 0.236 e. The van der Waals surface area contributed by atoms with Gasteiger partial charge in [-0.15, -0.1) is 0 Å². The van der Waals surface area contributed by atoms with Crippen LogP contribution in [0.25, 0.3) is 0 Å². The number of anilines is 2. The maximum atomic E-state index is 13.1. The summed E-state index contributed by atoms with van der Waals surface area (Å²) in [6.07, 6.45) is 0. The van der Waals surface area contributed by atoms with Crippen molar-refractivity contribution >= 4 is 17.3 Å². The molecule has 0 bridgehead atoms. The van der Waals surface area contributed by atoms with Crippen LogP contribution in [0, 0.1) is 5.82 Å². The van der Waals surface area contributed by atoms with Crippen LogP contribution in [0.1, 0.15) is 0 Å². The van der Waals surface area contributed by atoms with Crippen molar-refractivity contribution in [1.82, 2.24) is 9.80 Å². The van der Waals surface area contributed by atoms with Crippen LogP contribution in [-0.4, -0.2) is 79.7 Å².